The Kier molecular flexibility index (Phi) is 6.82. The molecule has 0 atom stereocenters. The van der Waals surface area contributed by atoms with Gasteiger partial charge in [0, 0.05) is 49.5 Å². The maximum absolute atomic E-state index is 13.8. The molecule has 5 rings (SSSR count). The van der Waals surface area contributed by atoms with Crippen molar-refractivity contribution in [3.8, 4) is 0 Å². The predicted molar refractivity (Wildman–Crippen MR) is 143 cm³/mol. The Bertz CT molecular complexity index is 1380. The van der Waals surface area contributed by atoms with Gasteiger partial charge >= 0.3 is 6.03 Å². The third-order valence-corrected chi connectivity index (χ3v) is 6.73. The van der Waals surface area contributed by atoms with Gasteiger partial charge in [0.25, 0.3) is 0 Å². The molecule has 3 aromatic carbocycles. The van der Waals surface area contributed by atoms with Crippen LogP contribution in [-0.4, -0.2) is 48.6 Å². The van der Waals surface area contributed by atoms with Crippen molar-refractivity contribution in [1.29, 1.82) is 0 Å². The number of aromatic nitrogens is 1. The fourth-order valence-electron chi connectivity index (χ4n) is 4.89. The van der Waals surface area contributed by atoms with Gasteiger partial charge in [-0.05, 0) is 73.5 Å². The number of fused-ring (bicyclic) bond motifs is 1. The van der Waals surface area contributed by atoms with E-state index >= 15 is 0 Å². The number of pyridine rings is 1. The highest BCUT2D eigenvalue weighted by molar-refractivity contribution is 5.98. The van der Waals surface area contributed by atoms with Crippen LogP contribution in [0.5, 0.6) is 0 Å². The maximum atomic E-state index is 13.8. The lowest BCUT2D eigenvalue weighted by Gasteiger charge is -2.36. The fraction of sp³-hybridized carbons (Fsp3) is 0.241. The summed E-state index contributed by atoms with van der Waals surface area (Å²) in [4.78, 5) is 23.1. The average Bonchev–Trinajstić information content (AvgIpc) is 2.87. The van der Waals surface area contributed by atoms with Crippen LogP contribution >= 0.6 is 0 Å². The molecule has 4 aromatic rings. The second kappa shape index (κ2) is 10.3. The van der Waals surface area contributed by atoms with Crippen molar-refractivity contribution in [3.05, 3.63) is 95.9 Å². The van der Waals surface area contributed by atoms with Crippen LogP contribution in [0.1, 0.15) is 11.3 Å². The summed E-state index contributed by atoms with van der Waals surface area (Å²) in [5.41, 5.74) is 11.1. The number of amides is 2. The molecule has 1 saturated heterocycles. The van der Waals surface area contributed by atoms with E-state index in [0.29, 0.717) is 11.4 Å². The molecule has 6 nitrogen and oxygen atoms in total. The molecule has 0 bridgehead atoms. The number of aryl methyl sites for hydroxylation is 1. The number of nitrogens with two attached hydrogens (primary N) is 1. The predicted octanol–water partition coefficient (Wildman–Crippen LogP) is 5.26. The van der Waals surface area contributed by atoms with E-state index < -0.39 is 11.8 Å². The molecule has 36 heavy (non-hydrogen) atoms. The molecule has 1 aromatic heterocycles. The van der Waals surface area contributed by atoms with Crippen LogP contribution in [0, 0.1) is 12.7 Å². The molecule has 0 unspecified atom stereocenters. The van der Waals surface area contributed by atoms with E-state index in [1.54, 1.807) is 12.1 Å². The summed E-state index contributed by atoms with van der Waals surface area (Å²) in [6.07, 6.45) is 0.848. The maximum Gasteiger partial charge on any atom is 0.323 e. The molecule has 0 saturated carbocycles. The number of halogens is 1. The largest absolute Gasteiger partial charge is 0.368 e. The van der Waals surface area contributed by atoms with Gasteiger partial charge < -0.3 is 10.6 Å². The van der Waals surface area contributed by atoms with Crippen molar-refractivity contribution in [2.24, 2.45) is 5.73 Å². The fourth-order valence-corrected chi connectivity index (χ4v) is 4.89. The second-order valence-electron chi connectivity index (χ2n) is 9.20. The minimum absolute atomic E-state index is 0.412. The number of hydrogen-bond acceptors (Lipinski definition) is 4. The standard InChI is InChI=1S/C29H30FN5O/c1-21-11-12-26-27(32-21)9-4-10-28(26)34-17-15-33(16-18-34)14-13-22-5-2-7-24(19-22)35(29(31)36)25-8-3-6-23(30)20-25/h2-12,19-20H,13-18H2,1H3,(H2,31,36). The number of carbonyl (C=O) groups excluding carboxylic acids is 1. The van der Waals surface area contributed by atoms with Gasteiger partial charge in [0.2, 0.25) is 0 Å². The van der Waals surface area contributed by atoms with Gasteiger partial charge in [-0.15, -0.1) is 0 Å². The van der Waals surface area contributed by atoms with Crippen LogP contribution in [0.4, 0.5) is 26.2 Å². The molecule has 7 heteroatoms. The number of rotatable bonds is 6. The van der Waals surface area contributed by atoms with Gasteiger partial charge in [0.05, 0.1) is 16.9 Å². The highest BCUT2D eigenvalue weighted by atomic mass is 19.1. The number of benzene rings is 3. The van der Waals surface area contributed by atoms with Crippen LogP contribution in [-0.2, 0) is 6.42 Å². The Labute approximate surface area is 210 Å². The Balaban J connectivity index is 1.22. The first kappa shape index (κ1) is 23.8. The van der Waals surface area contributed by atoms with Crippen LogP contribution in [0.15, 0.2) is 78.9 Å². The number of primary amides is 1. The number of piperazine rings is 1. The summed E-state index contributed by atoms with van der Waals surface area (Å²) in [5.74, 6) is -0.413. The normalized spacial score (nSPS) is 14.2. The SMILES string of the molecule is Cc1ccc2c(N3CCN(CCc4cccc(N(C(N)=O)c5cccc(F)c5)c4)CC3)cccc2n1. The summed E-state index contributed by atoms with van der Waals surface area (Å²) < 4.78 is 13.8. The lowest BCUT2D eigenvalue weighted by atomic mass is 10.1. The quantitative estimate of drug-likeness (QED) is 0.406. The molecule has 2 heterocycles. The first-order valence-electron chi connectivity index (χ1n) is 12.3. The molecular weight excluding hydrogens is 453 g/mol. The van der Waals surface area contributed by atoms with E-state index in [9.17, 15) is 9.18 Å². The third kappa shape index (κ3) is 5.16. The van der Waals surface area contributed by atoms with Gasteiger partial charge in [-0.3, -0.25) is 14.8 Å². The summed E-state index contributed by atoms with van der Waals surface area (Å²) in [7, 11) is 0. The molecule has 1 aliphatic rings. The van der Waals surface area contributed by atoms with Crippen molar-refractivity contribution in [3.63, 3.8) is 0 Å². The van der Waals surface area contributed by atoms with E-state index in [2.05, 4.69) is 51.2 Å². The zero-order valence-electron chi connectivity index (χ0n) is 20.4. The highest BCUT2D eigenvalue weighted by Crippen LogP contribution is 2.28. The number of nitrogens with zero attached hydrogens (tertiary/aromatic N) is 4. The minimum atomic E-state index is -0.646. The Hall–Kier alpha value is -3.97. The van der Waals surface area contributed by atoms with Crippen LogP contribution < -0.4 is 15.5 Å². The van der Waals surface area contributed by atoms with E-state index in [0.717, 1.165) is 55.9 Å². The highest BCUT2D eigenvalue weighted by Gasteiger charge is 2.20. The molecule has 2 amide bonds. The van der Waals surface area contributed by atoms with Gasteiger partial charge in [-0.2, -0.15) is 0 Å². The number of hydrogen-bond donors (Lipinski definition) is 1. The van der Waals surface area contributed by atoms with Crippen molar-refractivity contribution in [1.82, 2.24) is 9.88 Å². The monoisotopic (exact) mass is 483 g/mol. The Morgan fingerprint density at radius 2 is 1.67 bits per heavy atom. The molecule has 184 valence electrons. The van der Waals surface area contributed by atoms with Gasteiger partial charge in [-0.1, -0.05) is 24.3 Å². The zero-order chi connectivity index (χ0) is 25.1. The lowest BCUT2D eigenvalue weighted by Crippen LogP contribution is -2.47. The zero-order valence-corrected chi connectivity index (χ0v) is 20.4. The first-order valence-corrected chi connectivity index (χ1v) is 12.3. The van der Waals surface area contributed by atoms with Gasteiger partial charge in [-0.25, -0.2) is 9.18 Å². The number of anilines is 3. The molecule has 0 radical (unpaired) electrons. The minimum Gasteiger partial charge on any atom is -0.368 e. The van der Waals surface area contributed by atoms with Crippen molar-refractivity contribution < 1.29 is 9.18 Å². The lowest BCUT2D eigenvalue weighted by molar-refractivity contribution is 0.256. The summed E-state index contributed by atoms with van der Waals surface area (Å²) >= 11 is 0. The van der Waals surface area contributed by atoms with E-state index in [4.69, 9.17) is 5.73 Å². The molecule has 0 aliphatic carbocycles. The topological polar surface area (TPSA) is 65.7 Å². The van der Waals surface area contributed by atoms with Crippen molar-refractivity contribution >= 4 is 34.0 Å². The number of urea groups is 1. The van der Waals surface area contributed by atoms with Crippen LogP contribution in [0.2, 0.25) is 0 Å². The Morgan fingerprint density at radius 3 is 2.42 bits per heavy atom. The van der Waals surface area contributed by atoms with Crippen LogP contribution in [0.25, 0.3) is 10.9 Å². The van der Waals surface area contributed by atoms with Crippen molar-refractivity contribution in [2.45, 2.75) is 13.3 Å². The second-order valence-corrected chi connectivity index (χ2v) is 9.20. The smallest absolute Gasteiger partial charge is 0.323 e. The van der Waals surface area contributed by atoms with E-state index in [1.165, 1.54) is 28.1 Å². The third-order valence-electron chi connectivity index (χ3n) is 6.73. The average molecular weight is 484 g/mol. The molecule has 2 N–H and O–H groups in total. The molecule has 0 spiro atoms. The summed E-state index contributed by atoms with van der Waals surface area (Å²) in [6.45, 7) is 6.82. The molecular formula is C29H30FN5O. The van der Waals surface area contributed by atoms with E-state index in [-0.39, 0.29) is 0 Å². The van der Waals surface area contributed by atoms with Crippen LogP contribution in [0.3, 0.4) is 0 Å². The summed E-state index contributed by atoms with van der Waals surface area (Å²) in [5, 5.41) is 1.20. The molecule has 1 aliphatic heterocycles. The van der Waals surface area contributed by atoms with Gasteiger partial charge in [0.15, 0.2) is 0 Å². The summed E-state index contributed by atoms with van der Waals surface area (Å²) in [6, 6.07) is 23.6. The van der Waals surface area contributed by atoms with Crippen molar-refractivity contribution in [2.75, 3.05) is 42.5 Å². The Morgan fingerprint density at radius 1 is 0.944 bits per heavy atom. The van der Waals surface area contributed by atoms with Gasteiger partial charge in [0.1, 0.15) is 5.82 Å². The number of carbonyl (C=O) groups is 1. The molecule has 1 fully saturated rings. The first-order chi connectivity index (χ1) is 17.5. The van der Waals surface area contributed by atoms with E-state index in [1.807, 2.05) is 25.1 Å².